The molecule has 0 radical (unpaired) electrons. The van der Waals surface area contributed by atoms with Crippen LogP contribution in [0.1, 0.15) is 55.2 Å². The Balaban J connectivity index is 1.52. The molecule has 3 aromatic rings. The van der Waals surface area contributed by atoms with Gasteiger partial charge < -0.3 is 15.4 Å². The van der Waals surface area contributed by atoms with Gasteiger partial charge in [0.15, 0.2) is 5.78 Å². The van der Waals surface area contributed by atoms with E-state index in [-0.39, 0.29) is 30.8 Å². The van der Waals surface area contributed by atoms with Gasteiger partial charge in [-0.3, -0.25) is 9.59 Å². The molecular formula is C33H41BN2O6S. The maximum atomic E-state index is 13.8. The second kappa shape index (κ2) is 16.0. The van der Waals surface area contributed by atoms with Crippen molar-refractivity contribution in [2.75, 3.05) is 0 Å². The number of Topliss-reactive ketones (excluding diaryl/α,β-unsaturated/α-hetero) is 1. The lowest BCUT2D eigenvalue weighted by molar-refractivity contribution is -0.130. The molecule has 1 aliphatic carbocycles. The minimum Gasteiger partial charge on any atom is -0.426 e. The van der Waals surface area contributed by atoms with Crippen molar-refractivity contribution in [3.8, 4) is 0 Å². The van der Waals surface area contributed by atoms with Crippen molar-refractivity contribution in [3.63, 3.8) is 0 Å². The van der Waals surface area contributed by atoms with Gasteiger partial charge in [0.05, 0.1) is 17.7 Å². The number of benzene rings is 3. The first-order chi connectivity index (χ1) is 20.7. The molecule has 228 valence electrons. The first kappa shape index (κ1) is 32.6. The van der Waals surface area contributed by atoms with Crippen molar-refractivity contribution >= 4 is 28.8 Å². The molecule has 1 fully saturated rings. The van der Waals surface area contributed by atoms with Gasteiger partial charge in [0.25, 0.3) is 0 Å². The fraction of sp³-hybridized carbons (Fsp3) is 0.394. The molecule has 3 atom stereocenters. The van der Waals surface area contributed by atoms with Gasteiger partial charge in [-0.1, -0.05) is 110 Å². The maximum Gasteiger partial charge on any atom is 0.475 e. The number of hydrogen-bond acceptors (Lipinski definition) is 6. The summed E-state index contributed by atoms with van der Waals surface area (Å²) in [5, 5.41) is 22.8. The summed E-state index contributed by atoms with van der Waals surface area (Å²) in [5.74, 6) is -2.46. The highest BCUT2D eigenvalue weighted by molar-refractivity contribution is 7.88. The lowest BCUT2D eigenvalue weighted by atomic mass is 9.69. The number of aryl methyl sites for hydroxylation is 1. The highest BCUT2D eigenvalue weighted by Crippen LogP contribution is 2.31. The van der Waals surface area contributed by atoms with E-state index in [1.807, 2.05) is 60.7 Å². The summed E-state index contributed by atoms with van der Waals surface area (Å²) in [5.41, 5.74) is 2.42. The lowest BCUT2D eigenvalue weighted by Gasteiger charge is -2.30. The van der Waals surface area contributed by atoms with Crippen LogP contribution in [0.3, 0.4) is 0 Å². The predicted molar refractivity (Wildman–Crippen MR) is 168 cm³/mol. The van der Waals surface area contributed by atoms with E-state index in [2.05, 4.69) is 10.0 Å². The molecule has 0 heterocycles. The molecule has 0 aliphatic heterocycles. The normalized spacial score (nSPS) is 15.6. The van der Waals surface area contributed by atoms with Crippen LogP contribution in [0.4, 0.5) is 0 Å². The number of carbonyl (C=O) groups is 2. The number of nitrogens with one attached hydrogen (secondary N) is 2. The highest BCUT2D eigenvalue weighted by atomic mass is 32.2. The van der Waals surface area contributed by atoms with Crippen molar-refractivity contribution in [3.05, 3.63) is 108 Å². The number of sulfonamides is 1. The van der Waals surface area contributed by atoms with E-state index in [1.165, 1.54) is 0 Å². The maximum absolute atomic E-state index is 13.8. The highest BCUT2D eigenvalue weighted by Gasteiger charge is 2.34. The molecule has 1 amide bonds. The molecule has 3 aromatic carbocycles. The van der Waals surface area contributed by atoms with E-state index in [9.17, 15) is 28.1 Å². The van der Waals surface area contributed by atoms with E-state index in [0.717, 1.165) is 30.4 Å². The largest absolute Gasteiger partial charge is 0.475 e. The van der Waals surface area contributed by atoms with Crippen molar-refractivity contribution < 1.29 is 28.1 Å². The van der Waals surface area contributed by atoms with Crippen molar-refractivity contribution in [1.29, 1.82) is 0 Å². The topological polar surface area (TPSA) is 133 Å². The standard InChI is InChI=1S/C33H41BN2O6S/c37-31(30(20-19-25-11-4-1-5-12-25)36-43(41,42)24-28-15-8-3-9-16-28)23-29(21-26-13-6-2-7-14-26)33(38)35-32(34(39)40)22-27-17-10-18-27/h1-9,11-16,27,29-30,32,36,39-40H,10,17-24H2,(H,35,38)/t29-,30+,32+/m1/s1. The molecule has 0 unspecified atom stereocenters. The third kappa shape index (κ3) is 10.7. The fourth-order valence-corrected chi connectivity index (χ4v) is 6.88. The van der Waals surface area contributed by atoms with Crippen LogP contribution in [0.25, 0.3) is 0 Å². The van der Waals surface area contributed by atoms with Gasteiger partial charge in [0.1, 0.15) is 0 Å². The van der Waals surface area contributed by atoms with Gasteiger partial charge in [-0.25, -0.2) is 13.1 Å². The SMILES string of the molecule is O=C(N[C@@H](CC1CCC1)B(O)O)[C@@H](CC(=O)[C@H](CCc1ccccc1)NS(=O)(=O)Cc1ccccc1)Cc1ccccc1. The van der Waals surface area contributed by atoms with E-state index >= 15 is 0 Å². The van der Waals surface area contributed by atoms with Gasteiger partial charge in [0, 0.05) is 12.3 Å². The van der Waals surface area contributed by atoms with Crippen LogP contribution >= 0.6 is 0 Å². The van der Waals surface area contributed by atoms with Gasteiger partial charge >= 0.3 is 7.12 Å². The van der Waals surface area contributed by atoms with Crippen molar-refractivity contribution in [2.24, 2.45) is 11.8 Å². The van der Waals surface area contributed by atoms with Crippen LogP contribution in [0.15, 0.2) is 91.0 Å². The summed E-state index contributed by atoms with van der Waals surface area (Å²) in [6, 6.07) is 26.6. The first-order valence-electron chi connectivity index (χ1n) is 15.0. The number of rotatable bonds is 17. The van der Waals surface area contributed by atoms with E-state index in [4.69, 9.17) is 0 Å². The summed E-state index contributed by atoms with van der Waals surface area (Å²) >= 11 is 0. The number of hydrogen-bond donors (Lipinski definition) is 4. The first-order valence-corrected chi connectivity index (χ1v) is 16.6. The van der Waals surface area contributed by atoms with Crippen LogP contribution in [0.5, 0.6) is 0 Å². The Morgan fingerprint density at radius 2 is 1.40 bits per heavy atom. The molecular weight excluding hydrogens is 563 g/mol. The summed E-state index contributed by atoms with van der Waals surface area (Å²) in [6.45, 7) is 0. The summed E-state index contributed by atoms with van der Waals surface area (Å²) in [4.78, 5) is 27.4. The predicted octanol–water partition coefficient (Wildman–Crippen LogP) is 3.61. The van der Waals surface area contributed by atoms with Crippen LogP contribution in [-0.4, -0.2) is 49.3 Å². The Kier molecular flexibility index (Phi) is 12.1. The van der Waals surface area contributed by atoms with Gasteiger partial charge in [-0.05, 0) is 48.3 Å². The van der Waals surface area contributed by atoms with Crippen LogP contribution < -0.4 is 10.0 Å². The zero-order chi connectivity index (χ0) is 30.7. The van der Waals surface area contributed by atoms with Crippen molar-refractivity contribution in [2.45, 2.75) is 69.1 Å². The molecule has 43 heavy (non-hydrogen) atoms. The minimum absolute atomic E-state index is 0.203. The average molecular weight is 605 g/mol. The van der Waals surface area contributed by atoms with Crippen LogP contribution in [-0.2, 0) is 38.2 Å². The second-order valence-electron chi connectivity index (χ2n) is 11.6. The molecule has 10 heteroatoms. The molecule has 4 N–H and O–H groups in total. The Labute approximate surface area is 255 Å². The fourth-order valence-electron chi connectivity index (χ4n) is 5.48. The Bertz CT molecular complexity index is 1400. The third-order valence-electron chi connectivity index (χ3n) is 8.12. The molecule has 0 saturated heterocycles. The van der Waals surface area contributed by atoms with E-state index in [0.29, 0.717) is 24.3 Å². The zero-order valence-electron chi connectivity index (χ0n) is 24.3. The van der Waals surface area contributed by atoms with E-state index < -0.39 is 40.9 Å². The van der Waals surface area contributed by atoms with Gasteiger partial charge in [0.2, 0.25) is 15.9 Å². The molecule has 0 aromatic heterocycles. The Hall–Kier alpha value is -3.31. The Morgan fingerprint density at radius 1 is 0.837 bits per heavy atom. The zero-order valence-corrected chi connectivity index (χ0v) is 25.2. The van der Waals surface area contributed by atoms with Crippen LogP contribution in [0, 0.1) is 11.8 Å². The smallest absolute Gasteiger partial charge is 0.426 e. The minimum atomic E-state index is -3.88. The monoisotopic (exact) mass is 604 g/mol. The van der Waals surface area contributed by atoms with E-state index in [1.54, 1.807) is 30.3 Å². The molecule has 4 rings (SSSR count). The molecule has 8 nitrogen and oxygen atoms in total. The second-order valence-corrected chi connectivity index (χ2v) is 13.3. The number of ketones is 1. The molecule has 1 aliphatic rings. The van der Waals surface area contributed by atoms with Gasteiger partial charge in [-0.15, -0.1) is 0 Å². The van der Waals surface area contributed by atoms with Crippen molar-refractivity contribution in [1.82, 2.24) is 10.0 Å². The molecule has 0 spiro atoms. The number of amides is 1. The average Bonchev–Trinajstić information content (AvgIpc) is 2.97. The molecule has 0 bridgehead atoms. The summed E-state index contributed by atoms with van der Waals surface area (Å²) in [6.07, 6.45) is 4.26. The summed E-state index contributed by atoms with van der Waals surface area (Å²) < 4.78 is 29.0. The number of carbonyl (C=O) groups excluding carboxylic acids is 2. The van der Waals surface area contributed by atoms with Gasteiger partial charge in [-0.2, -0.15) is 0 Å². The lowest BCUT2D eigenvalue weighted by Crippen LogP contribution is -2.51. The third-order valence-corrected chi connectivity index (χ3v) is 9.47. The van der Waals surface area contributed by atoms with Crippen LogP contribution in [0.2, 0.25) is 0 Å². The quantitative estimate of drug-likeness (QED) is 0.174. The summed E-state index contributed by atoms with van der Waals surface area (Å²) in [7, 11) is -5.60. The molecule has 1 saturated carbocycles. The Morgan fingerprint density at radius 3 is 1.93 bits per heavy atom.